The first-order chi connectivity index (χ1) is 11.5. The number of rotatable bonds is 4. The molecule has 0 unspecified atom stereocenters. The van der Waals surface area contributed by atoms with Gasteiger partial charge < -0.3 is 10.1 Å². The van der Waals surface area contributed by atoms with Crippen molar-refractivity contribution in [1.82, 2.24) is 15.5 Å². The predicted octanol–water partition coefficient (Wildman–Crippen LogP) is 3.65. The Morgan fingerprint density at radius 1 is 1.42 bits per heavy atom. The molecule has 1 aromatic carbocycles. The van der Waals surface area contributed by atoms with Crippen LogP contribution in [0.15, 0.2) is 18.2 Å². The fourth-order valence-electron chi connectivity index (χ4n) is 2.76. The van der Waals surface area contributed by atoms with Gasteiger partial charge in [0.15, 0.2) is 0 Å². The number of nitrogens with one attached hydrogen (secondary N) is 2. The highest BCUT2D eigenvalue weighted by Crippen LogP contribution is 2.32. The van der Waals surface area contributed by atoms with E-state index in [1.165, 1.54) is 17.4 Å². The Balaban J connectivity index is 1.68. The second-order valence-corrected chi connectivity index (χ2v) is 6.59. The first-order valence-corrected chi connectivity index (χ1v) is 8.28. The molecule has 9 heteroatoms. The highest BCUT2D eigenvalue weighted by molar-refractivity contribution is 7.15. The Bertz CT molecular complexity index is 738. The molecule has 1 aromatic heterocycles. The molecule has 1 heterocycles. The van der Waals surface area contributed by atoms with Gasteiger partial charge in [-0.2, -0.15) is 8.78 Å². The van der Waals surface area contributed by atoms with Gasteiger partial charge in [-0.1, -0.05) is 17.4 Å². The number of amides is 2. The maximum absolute atomic E-state index is 12.3. The summed E-state index contributed by atoms with van der Waals surface area (Å²) in [6.45, 7) is -1.04. The third-order valence-corrected chi connectivity index (χ3v) is 4.46. The average Bonchev–Trinajstić information content (AvgIpc) is 2.91. The molecule has 0 fully saturated rings. The number of aromatic nitrogens is 2. The van der Waals surface area contributed by atoms with Crippen molar-refractivity contribution in [2.75, 3.05) is 5.32 Å². The normalized spacial score (nSPS) is 16.6. The van der Waals surface area contributed by atoms with Crippen LogP contribution in [0.25, 0.3) is 0 Å². The lowest BCUT2D eigenvalue weighted by Gasteiger charge is -2.26. The van der Waals surface area contributed by atoms with E-state index >= 15 is 0 Å². The van der Waals surface area contributed by atoms with Gasteiger partial charge in [0, 0.05) is 0 Å². The summed E-state index contributed by atoms with van der Waals surface area (Å²) in [5.74, 6) is 0.137. The standard InChI is InChI=1S/C15H16F2N4O2S/c1-8-20-21-15(24-8)19-14(22)18-12-4-2-3-9-7-10(23-13(16)17)5-6-11(9)12/h5-7,12-13H,2-4H2,1H3,(H2,18,19,21,22)/t12-/m1/s1. The minimum atomic E-state index is -2.85. The zero-order valence-electron chi connectivity index (χ0n) is 12.9. The van der Waals surface area contributed by atoms with Crippen molar-refractivity contribution < 1.29 is 18.3 Å². The van der Waals surface area contributed by atoms with E-state index in [9.17, 15) is 13.6 Å². The van der Waals surface area contributed by atoms with E-state index in [4.69, 9.17) is 0 Å². The molecular weight excluding hydrogens is 338 g/mol. The summed E-state index contributed by atoms with van der Waals surface area (Å²) in [5.41, 5.74) is 1.84. The van der Waals surface area contributed by atoms with Crippen LogP contribution in [-0.4, -0.2) is 22.8 Å². The average molecular weight is 354 g/mol. The van der Waals surface area contributed by atoms with Crippen LogP contribution in [0.2, 0.25) is 0 Å². The zero-order valence-corrected chi connectivity index (χ0v) is 13.7. The Morgan fingerprint density at radius 3 is 2.96 bits per heavy atom. The van der Waals surface area contributed by atoms with E-state index in [0.717, 1.165) is 35.4 Å². The van der Waals surface area contributed by atoms with Gasteiger partial charge in [0.25, 0.3) is 0 Å². The van der Waals surface area contributed by atoms with Gasteiger partial charge in [0.2, 0.25) is 5.13 Å². The first kappa shape index (κ1) is 16.6. The summed E-state index contributed by atoms with van der Waals surface area (Å²) in [4.78, 5) is 12.1. The number of nitrogens with zero attached hydrogens (tertiary/aromatic N) is 2. The summed E-state index contributed by atoms with van der Waals surface area (Å²) in [5, 5.41) is 14.4. The molecule has 128 valence electrons. The molecule has 0 bridgehead atoms. The Labute approximate surface area is 141 Å². The molecule has 2 N–H and O–H groups in total. The summed E-state index contributed by atoms with van der Waals surface area (Å²) < 4.78 is 29.1. The first-order valence-electron chi connectivity index (χ1n) is 7.46. The number of carbonyl (C=O) groups is 1. The quantitative estimate of drug-likeness (QED) is 0.879. The molecule has 1 atom stereocenters. The van der Waals surface area contributed by atoms with E-state index in [2.05, 4.69) is 25.6 Å². The number of alkyl halides is 2. The van der Waals surface area contributed by atoms with Crippen molar-refractivity contribution in [1.29, 1.82) is 0 Å². The van der Waals surface area contributed by atoms with Crippen LogP contribution in [0.5, 0.6) is 5.75 Å². The molecule has 24 heavy (non-hydrogen) atoms. The third-order valence-electron chi connectivity index (χ3n) is 3.71. The molecule has 0 radical (unpaired) electrons. The summed E-state index contributed by atoms with van der Waals surface area (Å²) in [6, 6.07) is 4.30. The smallest absolute Gasteiger partial charge is 0.387 e. The predicted molar refractivity (Wildman–Crippen MR) is 85.6 cm³/mol. The van der Waals surface area contributed by atoms with E-state index in [0.29, 0.717) is 5.13 Å². The SMILES string of the molecule is Cc1nnc(NC(=O)N[C@@H]2CCCc3cc(OC(F)F)ccc32)s1. The number of aryl methyl sites for hydroxylation is 2. The molecule has 6 nitrogen and oxygen atoms in total. The Kier molecular flexibility index (Phi) is 4.89. The van der Waals surface area contributed by atoms with Crippen LogP contribution in [0.4, 0.5) is 18.7 Å². The minimum Gasteiger partial charge on any atom is -0.435 e. The Hall–Kier alpha value is -2.29. The van der Waals surface area contributed by atoms with Crippen LogP contribution in [0.1, 0.15) is 35.0 Å². The lowest BCUT2D eigenvalue weighted by Crippen LogP contribution is -2.34. The van der Waals surface area contributed by atoms with Crippen molar-refractivity contribution in [2.24, 2.45) is 0 Å². The Morgan fingerprint density at radius 2 is 2.25 bits per heavy atom. The molecule has 0 spiro atoms. The highest BCUT2D eigenvalue weighted by atomic mass is 32.1. The number of urea groups is 1. The highest BCUT2D eigenvalue weighted by Gasteiger charge is 2.23. The van der Waals surface area contributed by atoms with Gasteiger partial charge in [-0.05, 0) is 49.4 Å². The van der Waals surface area contributed by atoms with E-state index in [1.54, 1.807) is 19.1 Å². The largest absolute Gasteiger partial charge is 0.435 e. The minimum absolute atomic E-state index is 0.137. The second kappa shape index (κ2) is 7.08. The van der Waals surface area contributed by atoms with Gasteiger partial charge in [0.1, 0.15) is 10.8 Å². The molecule has 2 aromatic rings. The lowest BCUT2D eigenvalue weighted by molar-refractivity contribution is -0.0499. The van der Waals surface area contributed by atoms with Crippen molar-refractivity contribution in [3.05, 3.63) is 34.3 Å². The fourth-order valence-corrected chi connectivity index (χ4v) is 3.34. The van der Waals surface area contributed by atoms with Crippen LogP contribution >= 0.6 is 11.3 Å². The number of carbonyl (C=O) groups excluding carboxylic acids is 1. The van der Waals surface area contributed by atoms with Gasteiger partial charge in [0.05, 0.1) is 6.04 Å². The number of hydrogen-bond donors (Lipinski definition) is 2. The number of ether oxygens (including phenoxy) is 1. The number of fused-ring (bicyclic) bond motifs is 1. The van der Waals surface area contributed by atoms with Crippen molar-refractivity contribution in [3.63, 3.8) is 0 Å². The fraction of sp³-hybridized carbons (Fsp3) is 0.400. The summed E-state index contributed by atoms with van der Waals surface area (Å²) in [6.07, 6.45) is 2.41. The summed E-state index contributed by atoms with van der Waals surface area (Å²) >= 11 is 1.29. The van der Waals surface area contributed by atoms with E-state index < -0.39 is 6.61 Å². The van der Waals surface area contributed by atoms with Gasteiger partial charge in [-0.25, -0.2) is 4.79 Å². The number of hydrogen-bond acceptors (Lipinski definition) is 5. The van der Waals surface area contributed by atoms with E-state index in [-0.39, 0.29) is 17.8 Å². The maximum Gasteiger partial charge on any atom is 0.387 e. The molecule has 0 saturated carbocycles. The molecule has 1 aliphatic rings. The van der Waals surface area contributed by atoms with E-state index in [1.807, 2.05) is 0 Å². The van der Waals surface area contributed by atoms with Crippen LogP contribution in [0, 0.1) is 6.92 Å². The second-order valence-electron chi connectivity index (χ2n) is 5.41. The van der Waals surface area contributed by atoms with Crippen molar-refractivity contribution in [2.45, 2.75) is 38.8 Å². The topological polar surface area (TPSA) is 76.1 Å². The molecule has 1 aliphatic carbocycles. The molecule has 2 amide bonds. The number of anilines is 1. The zero-order chi connectivity index (χ0) is 17.1. The van der Waals surface area contributed by atoms with Gasteiger partial charge in [-0.3, -0.25) is 5.32 Å². The molecular formula is C15H16F2N4O2S. The molecule has 3 rings (SSSR count). The third kappa shape index (κ3) is 3.97. The van der Waals surface area contributed by atoms with Crippen LogP contribution < -0.4 is 15.4 Å². The monoisotopic (exact) mass is 354 g/mol. The number of halogens is 2. The molecule has 0 saturated heterocycles. The molecule has 0 aliphatic heterocycles. The van der Waals surface area contributed by atoms with Crippen molar-refractivity contribution in [3.8, 4) is 5.75 Å². The number of benzene rings is 1. The lowest BCUT2D eigenvalue weighted by atomic mass is 9.87. The van der Waals surface area contributed by atoms with Crippen LogP contribution in [-0.2, 0) is 6.42 Å². The van der Waals surface area contributed by atoms with Gasteiger partial charge >= 0.3 is 12.6 Å². The van der Waals surface area contributed by atoms with Crippen molar-refractivity contribution >= 4 is 22.5 Å². The summed E-state index contributed by atoms with van der Waals surface area (Å²) in [7, 11) is 0. The van der Waals surface area contributed by atoms with Crippen LogP contribution in [0.3, 0.4) is 0 Å². The maximum atomic E-state index is 12.3. The van der Waals surface area contributed by atoms with Gasteiger partial charge in [-0.15, -0.1) is 10.2 Å².